The number of non-ortho nitro benzene ring substituents is 1. The van der Waals surface area contributed by atoms with Crippen LogP contribution in [0.5, 0.6) is 0 Å². The molecule has 0 atom stereocenters. The number of hydrogen-bond donors (Lipinski definition) is 1. The predicted octanol–water partition coefficient (Wildman–Crippen LogP) is 1.11. The number of nitrogens with zero attached hydrogens (tertiary/aromatic N) is 2. The third-order valence-corrected chi connectivity index (χ3v) is 2.65. The van der Waals surface area contributed by atoms with Gasteiger partial charge in [-0.3, -0.25) is 24.6 Å². The van der Waals surface area contributed by atoms with E-state index in [1.54, 1.807) is 6.07 Å². The van der Waals surface area contributed by atoms with E-state index < -0.39 is 4.92 Å². The number of hydrogen-bond acceptors (Lipinski definition) is 5. The van der Waals surface area contributed by atoms with Gasteiger partial charge >= 0.3 is 0 Å². The first-order chi connectivity index (χ1) is 8.58. The van der Waals surface area contributed by atoms with Crippen LogP contribution in [0.1, 0.15) is 12.8 Å². The molecule has 18 heavy (non-hydrogen) atoms. The molecule has 0 aliphatic carbocycles. The van der Waals surface area contributed by atoms with Crippen LogP contribution in [0.2, 0.25) is 0 Å². The number of likely N-dealkylation sites (tertiary alicyclic amines) is 1. The molecule has 2 amide bonds. The van der Waals surface area contributed by atoms with Crippen LogP contribution in [0.3, 0.4) is 0 Å². The number of benzene rings is 1. The second-order valence-electron chi connectivity index (χ2n) is 3.86. The standard InChI is InChI=1S/C11H11N3O4/c15-10-4-5-11(16)13(10)7-12-8-2-1-3-9(6-8)14(17)18/h1-3,6,12H,4-5,7H2. The molecule has 0 saturated carbocycles. The maximum absolute atomic E-state index is 11.3. The Labute approximate surface area is 103 Å². The third kappa shape index (κ3) is 2.45. The van der Waals surface area contributed by atoms with Gasteiger partial charge in [0.05, 0.1) is 11.6 Å². The lowest BCUT2D eigenvalue weighted by molar-refractivity contribution is -0.384. The monoisotopic (exact) mass is 249 g/mol. The van der Waals surface area contributed by atoms with Gasteiger partial charge in [-0.25, -0.2) is 0 Å². The van der Waals surface area contributed by atoms with E-state index in [0.717, 1.165) is 4.90 Å². The maximum Gasteiger partial charge on any atom is 0.271 e. The van der Waals surface area contributed by atoms with Crippen LogP contribution in [0.4, 0.5) is 11.4 Å². The Morgan fingerprint density at radius 1 is 1.28 bits per heavy atom. The van der Waals surface area contributed by atoms with E-state index in [9.17, 15) is 19.7 Å². The molecule has 1 aliphatic heterocycles. The predicted molar refractivity (Wildman–Crippen MR) is 62.7 cm³/mol. The molecule has 1 N–H and O–H groups in total. The fraction of sp³-hybridized carbons (Fsp3) is 0.273. The van der Waals surface area contributed by atoms with Crippen molar-refractivity contribution < 1.29 is 14.5 Å². The second kappa shape index (κ2) is 4.82. The van der Waals surface area contributed by atoms with Gasteiger partial charge in [-0.2, -0.15) is 0 Å². The zero-order valence-electron chi connectivity index (χ0n) is 9.46. The fourth-order valence-electron chi connectivity index (χ4n) is 1.70. The molecule has 0 radical (unpaired) electrons. The Morgan fingerprint density at radius 3 is 2.56 bits per heavy atom. The molecule has 0 unspecified atom stereocenters. The van der Waals surface area contributed by atoms with E-state index >= 15 is 0 Å². The van der Waals surface area contributed by atoms with Crippen LogP contribution in [0.25, 0.3) is 0 Å². The van der Waals surface area contributed by atoms with Crippen molar-refractivity contribution in [3.63, 3.8) is 0 Å². The van der Waals surface area contributed by atoms with Crippen molar-refractivity contribution in [3.8, 4) is 0 Å². The highest BCUT2D eigenvalue weighted by molar-refractivity contribution is 6.02. The molecule has 0 spiro atoms. The molecule has 7 heteroatoms. The van der Waals surface area contributed by atoms with Crippen molar-refractivity contribution in [2.75, 3.05) is 12.0 Å². The quantitative estimate of drug-likeness (QED) is 0.490. The van der Waals surface area contributed by atoms with Crippen LogP contribution in [0, 0.1) is 10.1 Å². The summed E-state index contributed by atoms with van der Waals surface area (Å²) < 4.78 is 0. The molecule has 1 saturated heterocycles. The van der Waals surface area contributed by atoms with Gasteiger partial charge in [0, 0.05) is 30.7 Å². The lowest BCUT2D eigenvalue weighted by Crippen LogP contribution is -2.33. The summed E-state index contributed by atoms with van der Waals surface area (Å²) in [6, 6.07) is 5.90. The minimum absolute atomic E-state index is 0.0405. The smallest absolute Gasteiger partial charge is 0.271 e. The van der Waals surface area contributed by atoms with Gasteiger partial charge in [-0.05, 0) is 6.07 Å². The number of carbonyl (C=O) groups excluding carboxylic acids is 2. The topological polar surface area (TPSA) is 92.6 Å². The Balaban J connectivity index is 2.02. The van der Waals surface area contributed by atoms with Crippen LogP contribution >= 0.6 is 0 Å². The molecular formula is C11H11N3O4. The Kier molecular flexibility index (Phi) is 3.22. The molecular weight excluding hydrogens is 238 g/mol. The van der Waals surface area contributed by atoms with E-state index in [2.05, 4.69) is 5.32 Å². The lowest BCUT2D eigenvalue weighted by Gasteiger charge is -2.15. The van der Waals surface area contributed by atoms with Crippen molar-refractivity contribution in [1.29, 1.82) is 0 Å². The summed E-state index contributed by atoms with van der Waals surface area (Å²) >= 11 is 0. The highest BCUT2D eigenvalue weighted by atomic mass is 16.6. The largest absolute Gasteiger partial charge is 0.367 e. The molecule has 0 bridgehead atoms. The SMILES string of the molecule is O=C1CCC(=O)N1CNc1cccc([N+](=O)[O-])c1. The van der Waals surface area contributed by atoms with E-state index in [4.69, 9.17) is 0 Å². The van der Waals surface area contributed by atoms with E-state index in [1.807, 2.05) is 0 Å². The van der Waals surface area contributed by atoms with Gasteiger partial charge in [-0.1, -0.05) is 6.07 Å². The molecule has 1 aromatic carbocycles. The molecule has 1 fully saturated rings. The molecule has 2 rings (SSSR count). The Hall–Kier alpha value is -2.44. The zero-order chi connectivity index (χ0) is 13.1. The van der Waals surface area contributed by atoms with Gasteiger partial charge in [-0.15, -0.1) is 0 Å². The van der Waals surface area contributed by atoms with Crippen molar-refractivity contribution in [3.05, 3.63) is 34.4 Å². The van der Waals surface area contributed by atoms with Gasteiger partial charge in [0.15, 0.2) is 0 Å². The minimum atomic E-state index is -0.503. The summed E-state index contributed by atoms with van der Waals surface area (Å²) in [5.41, 5.74) is 0.454. The average molecular weight is 249 g/mol. The summed E-state index contributed by atoms with van der Waals surface area (Å²) in [5, 5.41) is 13.4. The molecule has 0 aromatic heterocycles. The summed E-state index contributed by atoms with van der Waals surface area (Å²) in [5.74, 6) is -0.448. The fourth-order valence-corrected chi connectivity index (χ4v) is 1.70. The van der Waals surface area contributed by atoms with Crippen molar-refractivity contribution in [2.24, 2.45) is 0 Å². The highest BCUT2D eigenvalue weighted by Crippen LogP contribution is 2.18. The van der Waals surface area contributed by atoms with Crippen molar-refractivity contribution in [2.45, 2.75) is 12.8 Å². The molecule has 1 heterocycles. The minimum Gasteiger partial charge on any atom is -0.367 e. The molecule has 7 nitrogen and oxygen atoms in total. The third-order valence-electron chi connectivity index (χ3n) is 2.65. The number of carbonyl (C=O) groups is 2. The summed E-state index contributed by atoms with van der Waals surface area (Å²) in [6.45, 7) is 0.0405. The number of anilines is 1. The molecule has 1 aliphatic rings. The first-order valence-electron chi connectivity index (χ1n) is 5.39. The number of nitro benzene ring substituents is 1. The lowest BCUT2D eigenvalue weighted by atomic mass is 10.3. The Bertz CT molecular complexity index is 499. The van der Waals surface area contributed by atoms with Gasteiger partial charge in [0.25, 0.3) is 5.69 Å². The first-order valence-corrected chi connectivity index (χ1v) is 5.39. The zero-order valence-corrected chi connectivity index (χ0v) is 9.46. The molecule has 94 valence electrons. The van der Waals surface area contributed by atoms with E-state index in [0.29, 0.717) is 5.69 Å². The number of imide groups is 1. The number of nitrogens with one attached hydrogen (secondary N) is 1. The first kappa shape index (κ1) is 12.0. The summed E-state index contributed by atoms with van der Waals surface area (Å²) in [7, 11) is 0. The Morgan fingerprint density at radius 2 is 1.94 bits per heavy atom. The van der Waals surface area contributed by atoms with Gasteiger partial charge < -0.3 is 5.32 Å². The normalized spacial score (nSPS) is 15.0. The maximum atomic E-state index is 11.3. The summed E-state index contributed by atoms with van der Waals surface area (Å²) in [4.78, 5) is 33.9. The van der Waals surface area contributed by atoms with Crippen LogP contribution in [-0.4, -0.2) is 28.3 Å². The van der Waals surface area contributed by atoms with E-state index in [1.165, 1.54) is 18.2 Å². The van der Waals surface area contributed by atoms with Crippen LogP contribution in [-0.2, 0) is 9.59 Å². The van der Waals surface area contributed by atoms with Gasteiger partial charge in [0.1, 0.15) is 0 Å². The second-order valence-corrected chi connectivity index (χ2v) is 3.86. The number of nitro groups is 1. The van der Waals surface area contributed by atoms with Crippen molar-refractivity contribution in [1.82, 2.24) is 4.90 Å². The number of rotatable bonds is 4. The van der Waals surface area contributed by atoms with Crippen LogP contribution in [0.15, 0.2) is 24.3 Å². The van der Waals surface area contributed by atoms with Crippen LogP contribution < -0.4 is 5.32 Å². The summed E-state index contributed by atoms with van der Waals surface area (Å²) in [6.07, 6.45) is 0.463. The molecule has 1 aromatic rings. The average Bonchev–Trinajstić information content (AvgIpc) is 2.67. The van der Waals surface area contributed by atoms with Crippen molar-refractivity contribution >= 4 is 23.2 Å². The number of amides is 2. The highest BCUT2D eigenvalue weighted by Gasteiger charge is 2.28. The van der Waals surface area contributed by atoms with Gasteiger partial charge in [0.2, 0.25) is 11.8 Å². The van der Waals surface area contributed by atoms with E-state index in [-0.39, 0.29) is 37.0 Å².